The minimum absolute atomic E-state index is 0.596. The van der Waals surface area contributed by atoms with Crippen LogP contribution in [0.25, 0.3) is 111 Å². The summed E-state index contributed by atoms with van der Waals surface area (Å²) in [6.45, 7) is 0. The maximum Gasteiger partial charge on any atom is 0.178 e. The lowest BCUT2D eigenvalue weighted by Crippen LogP contribution is -2.31. The monoisotopic (exact) mass is 1860 g/mol. The van der Waals surface area contributed by atoms with Gasteiger partial charge >= 0.3 is 0 Å². The second-order valence-electron chi connectivity index (χ2n) is 34.4. The molecule has 0 atom stereocenters. The van der Waals surface area contributed by atoms with Crippen LogP contribution in [-0.4, -0.2) is 0 Å². The molecule has 0 bridgehead atoms. The third-order valence-electron chi connectivity index (χ3n) is 26.7. The van der Waals surface area contributed by atoms with Crippen molar-refractivity contribution in [3.63, 3.8) is 0 Å². The highest BCUT2D eigenvalue weighted by atomic mass is 79.9. The number of fused-ring (bicyclic) bond motifs is 22. The van der Waals surface area contributed by atoms with Crippen LogP contribution in [0, 0.1) is 0 Å². The Bertz CT molecular complexity index is 7640. The van der Waals surface area contributed by atoms with Gasteiger partial charge < -0.3 is 33.4 Å². The summed E-state index contributed by atoms with van der Waals surface area (Å²) in [4.78, 5) is 4.77. The molecule has 22 aromatic rings. The molecule has 26 rings (SSSR count). The van der Waals surface area contributed by atoms with Crippen LogP contribution in [0.2, 0.25) is 0 Å². The molecule has 0 radical (unpaired) electrons. The van der Waals surface area contributed by atoms with E-state index in [1.807, 2.05) is 42.5 Å². The van der Waals surface area contributed by atoms with E-state index in [2.05, 4.69) is 502 Å². The molecule has 9 heteroatoms. The van der Waals surface area contributed by atoms with E-state index in [-0.39, 0.29) is 0 Å². The molecule has 0 saturated heterocycles. The lowest BCUT2D eigenvalue weighted by molar-refractivity contribution is 0.389. The third-order valence-corrected chi connectivity index (χ3v) is 27.7. The number of nitrogens with one attached hydrogen (secondary N) is 1. The predicted octanol–water partition coefficient (Wildman–Crippen LogP) is 35.7. The van der Waals surface area contributed by atoms with E-state index in [0.29, 0.717) is 0 Å². The number of halogens is 2. The van der Waals surface area contributed by atoms with Crippen molar-refractivity contribution in [2.75, 3.05) is 15.1 Å². The van der Waals surface area contributed by atoms with Gasteiger partial charge in [-0.3, -0.25) is 0 Å². The van der Waals surface area contributed by atoms with Crippen LogP contribution in [0.3, 0.4) is 0 Å². The molecule has 0 amide bonds. The van der Waals surface area contributed by atoms with Gasteiger partial charge in [0.05, 0.1) is 10.8 Å². The van der Waals surface area contributed by atoms with Gasteiger partial charge in [0, 0.05) is 65.6 Å². The molecule has 2 spiro atoms. The summed E-state index contributed by atoms with van der Waals surface area (Å²) in [6.07, 6.45) is 0. The van der Waals surface area contributed by atoms with Gasteiger partial charge in [-0.2, -0.15) is 0 Å². The third kappa shape index (κ3) is 14.6. The number of hydrogen-bond acceptors (Lipinski definition) is 7. The summed E-state index contributed by atoms with van der Waals surface area (Å²) in [5.41, 5.74) is 34.2. The SMILES string of the molecule is Brc1ccc2c(c1)C1(c3ccccc3Oc3c1oc1ccccc31)c1cc(Br)ccc1-2.c1ccc(-c2ccc(N(c3ccc(-c4ccccc4)cc3)c3ccc4c(c3)C3(c5ccccc5Oc5c3oc3ccccc53)c3cc(N(c5ccc(-c6ccccc6)cc5)c5ccc(-c6ccccc6)cc5)ccc3-4)cc2)cc1.c1ccc(-c2ccc(Nc3ccc(-c4ccccc4)cc3)cc2)cc1. The molecule has 135 heavy (non-hydrogen) atoms. The zero-order chi connectivity index (χ0) is 89.9. The average molecular weight is 1860 g/mol. The van der Waals surface area contributed by atoms with Gasteiger partial charge in [-0.15, -0.1) is 0 Å². The Labute approximate surface area is 800 Å². The molecule has 7 nitrogen and oxygen atoms in total. The van der Waals surface area contributed by atoms with Gasteiger partial charge in [-0.1, -0.05) is 372 Å². The van der Waals surface area contributed by atoms with Crippen LogP contribution in [0.15, 0.2) is 515 Å². The van der Waals surface area contributed by atoms with Gasteiger partial charge in [-0.25, -0.2) is 0 Å². The topological polar surface area (TPSA) is 63.3 Å². The van der Waals surface area contributed by atoms with Gasteiger partial charge in [0.2, 0.25) is 0 Å². The van der Waals surface area contributed by atoms with E-state index in [0.717, 1.165) is 167 Å². The molecule has 1 N–H and O–H groups in total. The fraction of sp³-hybridized carbons (Fsp3) is 0.0159. The zero-order valence-corrected chi connectivity index (χ0v) is 76.3. The summed E-state index contributed by atoms with van der Waals surface area (Å²) in [7, 11) is 0. The van der Waals surface area contributed by atoms with Crippen LogP contribution in [0.4, 0.5) is 45.5 Å². The fourth-order valence-corrected chi connectivity index (χ4v) is 21.1. The molecule has 4 heterocycles. The van der Waals surface area contributed by atoms with Crippen LogP contribution >= 0.6 is 31.9 Å². The lowest BCUT2D eigenvalue weighted by atomic mass is 9.68. The number of ether oxygens (including phenoxy) is 2. The number of hydrogen-bond donors (Lipinski definition) is 1. The fourth-order valence-electron chi connectivity index (χ4n) is 20.4. The van der Waals surface area contributed by atoms with Gasteiger partial charge in [-0.05, 0) is 269 Å². The molecule has 2 aliphatic heterocycles. The predicted molar refractivity (Wildman–Crippen MR) is 561 cm³/mol. The molecule has 4 aliphatic rings. The van der Waals surface area contributed by atoms with Crippen molar-refractivity contribution in [2.45, 2.75) is 10.8 Å². The highest BCUT2D eigenvalue weighted by molar-refractivity contribution is 9.10. The van der Waals surface area contributed by atoms with E-state index >= 15 is 0 Å². The largest absolute Gasteiger partial charge is 0.455 e. The van der Waals surface area contributed by atoms with Crippen molar-refractivity contribution in [1.82, 2.24) is 0 Å². The molecule has 0 fully saturated rings. The minimum Gasteiger partial charge on any atom is -0.455 e. The first kappa shape index (κ1) is 81.7. The quantitative estimate of drug-likeness (QED) is 0.116. The molecule has 2 aromatic heterocycles. The molecule has 20 aromatic carbocycles. The lowest BCUT2D eigenvalue weighted by Gasteiger charge is -2.37. The first-order chi connectivity index (χ1) is 66.7. The Hall–Kier alpha value is -16.6. The Morgan fingerprint density at radius 2 is 0.437 bits per heavy atom. The molecular weight excluding hydrogens is 1780 g/mol. The van der Waals surface area contributed by atoms with Gasteiger partial charge in [0.15, 0.2) is 23.0 Å². The summed E-state index contributed by atoms with van der Waals surface area (Å²) < 4.78 is 29.6. The highest BCUT2D eigenvalue weighted by Crippen LogP contribution is 2.67. The number of rotatable bonds is 14. The summed E-state index contributed by atoms with van der Waals surface area (Å²) in [6, 6.07) is 176. The van der Waals surface area contributed by atoms with Crippen molar-refractivity contribution in [3.05, 3.63) is 551 Å². The minimum atomic E-state index is -0.945. The number of para-hydroxylation sites is 4. The summed E-state index contributed by atoms with van der Waals surface area (Å²) in [5, 5.41) is 5.39. The van der Waals surface area contributed by atoms with Crippen molar-refractivity contribution in [2.24, 2.45) is 0 Å². The average Bonchev–Trinajstić information content (AvgIpc) is 1.52. The van der Waals surface area contributed by atoms with Crippen molar-refractivity contribution in [3.8, 4) is 112 Å². The molecule has 0 unspecified atom stereocenters. The Kier molecular flexibility index (Phi) is 20.9. The Balaban J connectivity index is 0.000000144. The van der Waals surface area contributed by atoms with E-state index < -0.39 is 10.8 Å². The standard InChI is InChI=1S/C75H50N2O2.C27H14Br2O2.C24H19N/c1-5-17-51(18-6-1)55-29-37-59(38-30-55)76(60-39-31-56(32-40-60)52-19-7-2-8-20-52)63-45-47-65-66-48-46-64(50-70(66)75(69(65)49-63)68-26-14-16-28-72(68)78-73-67-25-13-15-27-71(67)79-74(73)75)77(61-41-33-57(34-42-61)53-21-9-3-10-22-53)62-43-35-58(36-44-62)54-23-11-4-12-24-54;28-15-9-11-17-18-12-10-16(29)14-22(18)27(21(17)13-15)20-6-2-4-8-24(20)30-25-19-5-1-3-7-23(19)31-26(25)27;1-3-7-19(8-4-1)21-11-15-23(16-12-21)25-24-17-13-22(14-18-24)20-9-5-2-6-10-20/h1-50H;1-14H;1-18,25H. The Morgan fingerprint density at radius 1 is 0.200 bits per heavy atom. The number of benzene rings is 20. The van der Waals surface area contributed by atoms with E-state index in [1.165, 1.54) is 66.8 Å². The maximum absolute atomic E-state index is 7.31. The number of anilines is 8. The molecule has 640 valence electrons. The second kappa shape index (κ2) is 34.6. The van der Waals surface area contributed by atoms with Crippen molar-refractivity contribution in [1.29, 1.82) is 0 Å². The van der Waals surface area contributed by atoms with E-state index in [9.17, 15) is 0 Å². The summed E-state index contributed by atoms with van der Waals surface area (Å²) >= 11 is 7.44. The first-order valence-electron chi connectivity index (χ1n) is 45.5. The number of furan rings is 2. The van der Waals surface area contributed by atoms with E-state index in [4.69, 9.17) is 18.3 Å². The molecular formula is C126H83Br2N3O4. The van der Waals surface area contributed by atoms with Crippen molar-refractivity contribution < 1.29 is 18.3 Å². The highest BCUT2D eigenvalue weighted by Gasteiger charge is 2.57. The van der Waals surface area contributed by atoms with Gasteiger partial charge in [0.1, 0.15) is 33.5 Å². The second-order valence-corrected chi connectivity index (χ2v) is 36.2. The van der Waals surface area contributed by atoms with Crippen molar-refractivity contribution >= 4 is 99.3 Å². The van der Waals surface area contributed by atoms with E-state index in [1.54, 1.807) is 0 Å². The zero-order valence-electron chi connectivity index (χ0n) is 73.1. The first-order valence-corrected chi connectivity index (χ1v) is 47.1. The van der Waals surface area contributed by atoms with Crippen LogP contribution < -0.4 is 24.6 Å². The summed E-state index contributed by atoms with van der Waals surface area (Å²) in [5.74, 6) is 4.79. The number of nitrogens with zero attached hydrogens (tertiary/aromatic N) is 2. The van der Waals surface area contributed by atoms with Crippen LogP contribution in [-0.2, 0) is 10.8 Å². The normalized spacial score (nSPS) is 12.6. The molecule has 2 aliphatic carbocycles. The molecule has 0 saturated carbocycles. The van der Waals surface area contributed by atoms with Crippen LogP contribution in [0.5, 0.6) is 23.0 Å². The van der Waals surface area contributed by atoms with Gasteiger partial charge in [0.25, 0.3) is 0 Å². The Morgan fingerprint density at radius 3 is 0.741 bits per heavy atom. The smallest absolute Gasteiger partial charge is 0.178 e. The maximum atomic E-state index is 7.31. The van der Waals surface area contributed by atoms with Crippen LogP contribution in [0.1, 0.15) is 44.9 Å².